The molecule has 0 aromatic carbocycles. The Labute approximate surface area is 92.1 Å². The van der Waals surface area contributed by atoms with Gasteiger partial charge in [-0.05, 0) is 33.1 Å². The van der Waals surface area contributed by atoms with Gasteiger partial charge in [-0.3, -0.25) is 0 Å². The van der Waals surface area contributed by atoms with Crippen LogP contribution in [0.3, 0.4) is 0 Å². The normalized spacial score (nSPS) is 13.0. The molecule has 0 aliphatic carbocycles. The van der Waals surface area contributed by atoms with Crippen LogP contribution < -0.4 is 0 Å². The molecule has 0 saturated carbocycles. The van der Waals surface area contributed by atoms with Crippen molar-refractivity contribution < 1.29 is 14.6 Å². The molecule has 0 fully saturated rings. The molecule has 3 nitrogen and oxygen atoms in total. The van der Waals surface area contributed by atoms with Crippen molar-refractivity contribution in [3.63, 3.8) is 0 Å². The van der Waals surface area contributed by atoms with E-state index in [1.165, 1.54) is 6.08 Å². The molecular formula is C12H22O3. The number of aliphatic hydroxyl groups is 1. The maximum Gasteiger partial charge on any atom is 0.330 e. The number of allylic oxidation sites excluding steroid dienone is 1. The second-order valence-corrected chi connectivity index (χ2v) is 3.64. The van der Waals surface area contributed by atoms with Gasteiger partial charge in [-0.1, -0.05) is 18.9 Å². The summed E-state index contributed by atoms with van der Waals surface area (Å²) in [4.78, 5) is 10.9. The van der Waals surface area contributed by atoms with Crippen LogP contribution in [0.1, 0.15) is 46.0 Å². The second-order valence-electron chi connectivity index (χ2n) is 3.64. The van der Waals surface area contributed by atoms with Crippen molar-refractivity contribution in [1.82, 2.24) is 0 Å². The smallest absolute Gasteiger partial charge is 0.330 e. The summed E-state index contributed by atoms with van der Waals surface area (Å²) in [5.41, 5.74) is 0. The molecule has 3 heteroatoms. The van der Waals surface area contributed by atoms with Gasteiger partial charge in [0.15, 0.2) is 0 Å². The average Bonchev–Trinajstić information content (AvgIpc) is 2.16. The third kappa shape index (κ3) is 11.1. The fourth-order valence-electron chi connectivity index (χ4n) is 1.25. The van der Waals surface area contributed by atoms with E-state index in [2.05, 4.69) is 0 Å². The molecule has 0 unspecified atom stereocenters. The Morgan fingerprint density at radius 1 is 1.40 bits per heavy atom. The Balaban J connectivity index is 3.26. The lowest BCUT2D eigenvalue weighted by atomic mass is 10.1. The van der Waals surface area contributed by atoms with Crippen molar-refractivity contribution in [1.29, 1.82) is 0 Å². The molecule has 0 aliphatic rings. The summed E-state index contributed by atoms with van der Waals surface area (Å²) in [6.07, 6.45) is 8.10. The summed E-state index contributed by atoms with van der Waals surface area (Å²) in [6.45, 7) is 4.03. The minimum absolute atomic E-state index is 0.194. The highest BCUT2D eigenvalue weighted by Gasteiger charge is 1.95. The fourth-order valence-corrected chi connectivity index (χ4v) is 1.25. The van der Waals surface area contributed by atoms with Crippen molar-refractivity contribution in [3.05, 3.63) is 12.2 Å². The molecule has 0 amide bonds. The van der Waals surface area contributed by atoms with Gasteiger partial charge < -0.3 is 9.84 Å². The van der Waals surface area contributed by atoms with Crippen LogP contribution in [-0.2, 0) is 9.53 Å². The molecule has 1 atom stereocenters. The number of aliphatic hydroxyl groups excluding tert-OH is 1. The monoisotopic (exact) mass is 214 g/mol. The van der Waals surface area contributed by atoms with Gasteiger partial charge in [0.2, 0.25) is 0 Å². The maximum atomic E-state index is 10.9. The molecule has 0 radical (unpaired) electrons. The summed E-state index contributed by atoms with van der Waals surface area (Å²) in [5.74, 6) is -0.263. The maximum absolute atomic E-state index is 10.9. The van der Waals surface area contributed by atoms with Crippen molar-refractivity contribution >= 4 is 5.97 Å². The average molecular weight is 214 g/mol. The van der Waals surface area contributed by atoms with Crippen molar-refractivity contribution in [2.24, 2.45) is 0 Å². The van der Waals surface area contributed by atoms with Gasteiger partial charge in [0.1, 0.15) is 0 Å². The first kappa shape index (κ1) is 14.2. The van der Waals surface area contributed by atoms with Crippen molar-refractivity contribution in [3.8, 4) is 0 Å². The number of esters is 1. The first-order valence-electron chi connectivity index (χ1n) is 5.68. The summed E-state index contributed by atoms with van der Waals surface area (Å²) in [6, 6.07) is 0. The van der Waals surface area contributed by atoms with Crippen LogP contribution in [0.4, 0.5) is 0 Å². The Kier molecular flexibility index (Phi) is 9.18. The van der Waals surface area contributed by atoms with Crippen molar-refractivity contribution in [2.75, 3.05) is 6.61 Å². The molecule has 15 heavy (non-hydrogen) atoms. The van der Waals surface area contributed by atoms with E-state index in [-0.39, 0.29) is 12.1 Å². The SMILES string of the molecule is CCOC(=O)/C=C/CCCCC[C@@H](C)O. The molecule has 0 rings (SSSR count). The standard InChI is InChI=1S/C12H22O3/c1-3-15-12(14)10-8-6-4-5-7-9-11(2)13/h8,10-11,13H,3-7,9H2,1-2H3/b10-8+/t11-/m1/s1. The van der Waals surface area contributed by atoms with Gasteiger partial charge in [0.05, 0.1) is 12.7 Å². The van der Waals surface area contributed by atoms with Gasteiger partial charge in [-0.25, -0.2) is 4.79 Å². The number of unbranched alkanes of at least 4 members (excludes halogenated alkanes) is 3. The van der Waals surface area contributed by atoms with Gasteiger partial charge in [0.25, 0.3) is 0 Å². The second kappa shape index (κ2) is 9.71. The molecule has 88 valence electrons. The molecule has 0 spiro atoms. The van der Waals surface area contributed by atoms with Crippen LogP contribution in [0.15, 0.2) is 12.2 Å². The number of hydrogen-bond donors (Lipinski definition) is 1. The summed E-state index contributed by atoms with van der Waals surface area (Å²) >= 11 is 0. The number of hydrogen-bond acceptors (Lipinski definition) is 3. The quantitative estimate of drug-likeness (QED) is 0.383. The Morgan fingerprint density at radius 3 is 2.73 bits per heavy atom. The lowest BCUT2D eigenvalue weighted by Crippen LogP contribution is -1.99. The van der Waals surface area contributed by atoms with E-state index in [4.69, 9.17) is 9.84 Å². The van der Waals surface area contributed by atoms with Gasteiger partial charge in [0, 0.05) is 6.08 Å². The van der Waals surface area contributed by atoms with Crippen LogP contribution in [0.25, 0.3) is 0 Å². The molecular weight excluding hydrogens is 192 g/mol. The summed E-state index contributed by atoms with van der Waals surface area (Å²) in [5, 5.41) is 9.01. The van der Waals surface area contributed by atoms with Crippen molar-refractivity contribution in [2.45, 2.75) is 52.1 Å². The lowest BCUT2D eigenvalue weighted by molar-refractivity contribution is -0.137. The highest BCUT2D eigenvalue weighted by Crippen LogP contribution is 2.05. The highest BCUT2D eigenvalue weighted by molar-refractivity contribution is 5.81. The molecule has 0 aromatic rings. The first-order valence-corrected chi connectivity index (χ1v) is 5.68. The van der Waals surface area contributed by atoms with E-state index in [1.54, 1.807) is 13.8 Å². The predicted molar refractivity (Wildman–Crippen MR) is 60.5 cm³/mol. The summed E-state index contributed by atoms with van der Waals surface area (Å²) in [7, 11) is 0. The zero-order chi connectivity index (χ0) is 11.5. The Bertz CT molecular complexity index is 185. The van der Waals surface area contributed by atoms with E-state index < -0.39 is 0 Å². The molecule has 0 heterocycles. The molecule has 0 bridgehead atoms. The van der Waals surface area contributed by atoms with Gasteiger partial charge in [-0.15, -0.1) is 0 Å². The molecule has 1 N–H and O–H groups in total. The number of carbonyl (C=O) groups excluding carboxylic acids is 1. The van der Waals surface area contributed by atoms with E-state index >= 15 is 0 Å². The van der Waals surface area contributed by atoms with Gasteiger partial charge >= 0.3 is 5.97 Å². The predicted octanol–water partition coefficient (Wildman–Crippen LogP) is 2.44. The zero-order valence-electron chi connectivity index (χ0n) is 9.74. The third-order valence-corrected chi connectivity index (χ3v) is 2.03. The Hall–Kier alpha value is -0.830. The third-order valence-electron chi connectivity index (χ3n) is 2.03. The molecule has 0 aromatic heterocycles. The minimum Gasteiger partial charge on any atom is -0.463 e. The van der Waals surface area contributed by atoms with E-state index in [9.17, 15) is 4.79 Å². The minimum atomic E-state index is -0.263. The molecule has 0 saturated heterocycles. The zero-order valence-corrected chi connectivity index (χ0v) is 9.74. The number of rotatable bonds is 8. The number of ether oxygens (including phenoxy) is 1. The van der Waals surface area contributed by atoms with Crippen LogP contribution >= 0.6 is 0 Å². The van der Waals surface area contributed by atoms with Crippen LogP contribution in [0.2, 0.25) is 0 Å². The number of carbonyl (C=O) groups is 1. The van der Waals surface area contributed by atoms with E-state index in [0.717, 1.165) is 32.1 Å². The van der Waals surface area contributed by atoms with Crippen LogP contribution in [0.5, 0.6) is 0 Å². The highest BCUT2D eigenvalue weighted by atomic mass is 16.5. The Morgan fingerprint density at radius 2 is 2.13 bits per heavy atom. The van der Waals surface area contributed by atoms with Crippen LogP contribution in [0, 0.1) is 0 Å². The van der Waals surface area contributed by atoms with Crippen LogP contribution in [-0.4, -0.2) is 23.8 Å². The molecule has 0 aliphatic heterocycles. The largest absolute Gasteiger partial charge is 0.463 e. The summed E-state index contributed by atoms with van der Waals surface area (Å²) < 4.78 is 4.74. The van der Waals surface area contributed by atoms with E-state index in [1.807, 2.05) is 6.08 Å². The fraction of sp³-hybridized carbons (Fsp3) is 0.750. The topological polar surface area (TPSA) is 46.5 Å². The van der Waals surface area contributed by atoms with Gasteiger partial charge in [-0.2, -0.15) is 0 Å². The lowest BCUT2D eigenvalue weighted by Gasteiger charge is -2.01. The first-order chi connectivity index (χ1) is 7.16. The van der Waals surface area contributed by atoms with E-state index in [0.29, 0.717) is 6.61 Å².